The van der Waals surface area contributed by atoms with E-state index in [1.54, 1.807) is 17.9 Å². The van der Waals surface area contributed by atoms with Gasteiger partial charge < -0.3 is 10.0 Å². The first kappa shape index (κ1) is 11.9. The molecule has 0 aromatic carbocycles. The van der Waals surface area contributed by atoms with Crippen molar-refractivity contribution in [3.05, 3.63) is 17.6 Å². The molecule has 0 aromatic rings. The normalized spacial score (nSPS) is 34.1. The van der Waals surface area contributed by atoms with Crippen molar-refractivity contribution in [1.29, 1.82) is 0 Å². The number of hydrogen-bond acceptors (Lipinski definition) is 4. The number of aliphatic hydroxyl groups is 1. The molecule has 0 bridgehead atoms. The van der Waals surface area contributed by atoms with Gasteiger partial charge in [-0.05, 0) is 30.6 Å². The van der Waals surface area contributed by atoms with E-state index < -0.39 is 11.5 Å². The van der Waals surface area contributed by atoms with Gasteiger partial charge in [-0.25, -0.2) is 0 Å². The summed E-state index contributed by atoms with van der Waals surface area (Å²) in [6.45, 7) is 5.87. The lowest BCUT2D eigenvalue weighted by Gasteiger charge is -2.53. The number of β-lactam (4-membered cyclic amide) rings is 1. The minimum absolute atomic E-state index is 0.000139. The van der Waals surface area contributed by atoms with Crippen LogP contribution in [0.4, 0.5) is 0 Å². The van der Waals surface area contributed by atoms with Crippen molar-refractivity contribution in [3.63, 3.8) is 0 Å². The molecular formula is C11H13NO2S2. The zero-order valence-electron chi connectivity index (χ0n) is 8.97. The van der Waals surface area contributed by atoms with Crippen LogP contribution in [0, 0.1) is 5.41 Å². The fourth-order valence-electron chi connectivity index (χ4n) is 2.38. The van der Waals surface area contributed by atoms with Crippen LogP contribution >= 0.6 is 24.0 Å². The van der Waals surface area contributed by atoms with Crippen molar-refractivity contribution in [2.45, 2.75) is 24.8 Å². The zero-order valence-corrected chi connectivity index (χ0v) is 10.6. The van der Waals surface area contributed by atoms with Gasteiger partial charge in [-0.15, -0.1) is 6.58 Å². The molecule has 2 rings (SSSR count). The molecule has 0 radical (unpaired) electrons. The number of amides is 1. The van der Waals surface area contributed by atoms with Gasteiger partial charge in [0, 0.05) is 0 Å². The number of fused-ring (bicyclic) bond motifs is 1. The summed E-state index contributed by atoms with van der Waals surface area (Å²) in [6, 6.07) is 0. The number of carbonyl (C=O) groups excluding carboxylic acids is 1. The molecule has 2 aliphatic heterocycles. The maximum Gasteiger partial charge on any atom is 0.236 e. The monoisotopic (exact) mass is 255 g/mol. The summed E-state index contributed by atoms with van der Waals surface area (Å²) in [5.41, 5.74) is -0.708. The number of aliphatic hydroxyl groups excluding tert-OH is 1. The zero-order chi connectivity index (χ0) is 11.9. The Kier molecular flexibility index (Phi) is 2.97. The predicted molar refractivity (Wildman–Crippen MR) is 68.1 cm³/mol. The van der Waals surface area contributed by atoms with E-state index in [9.17, 15) is 9.90 Å². The summed E-state index contributed by atoms with van der Waals surface area (Å²) in [5.74, 6) is 0.000139. The molecule has 3 atom stereocenters. The van der Waals surface area contributed by atoms with Gasteiger partial charge in [-0.1, -0.05) is 17.8 Å². The fraction of sp³-hybridized carbons (Fsp3) is 0.545. The number of rotatable bonds is 3. The third-order valence-corrected chi connectivity index (χ3v) is 5.08. The topological polar surface area (TPSA) is 40.5 Å². The lowest BCUT2D eigenvalue weighted by molar-refractivity contribution is -0.173. The van der Waals surface area contributed by atoms with Crippen molar-refractivity contribution in [2.24, 2.45) is 5.41 Å². The Bertz CT molecular complexity index is 401. The van der Waals surface area contributed by atoms with Crippen molar-refractivity contribution < 1.29 is 9.90 Å². The highest BCUT2D eigenvalue weighted by Gasteiger charge is 2.65. The first-order valence-corrected chi connectivity index (χ1v) is 6.37. The smallest absolute Gasteiger partial charge is 0.236 e. The standard InChI is InChI=1S/C11H13NO2S2/c1-3-4-11(7(2)13)9(14)12-5-8(6-15)16-10(11)12/h3,7,10,13H,1,4-5H2,2H3/t7?,10-,11+/m1/s1. The molecule has 1 N–H and O–H groups in total. The second-order valence-corrected chi connectivity index (χ2v) is 5.52. The predicted octanol–water partition coefficient (Wildman–Crippen LogP) is 1.33. The van der Waals surface area contributed by atoms with Crippen LogP contribution < -0.4 is 0 Å². The number of allylic oxidation sites excluding steroid dienone is 1. The molecule has 3 nitrogen and oxygen atoms in total. The second kappa shape index (κ2) is 4.00. The van der Waals surface area contributed by atoms with Crippen LogP contribution in [-0.2, 0) is 4.79 Å². The van der Waals surface area contributed by atoms with Crippen LogP contribution in [0.25, 0.3) is 0 Å². The molecular weight excluding hydrogens is 242 g/mol. The average Bonchev–Trinajstić information content (AvgIpc) is 2.65. The quantitative estimate of drug-likeness (QED) is 0.469. The third-order valence-electron chi connectivity index (χ3n) is 3.29. The van der Waals surface area contributed by atoms with Crippen LogP contribution in [0.15, 0.2) is 17.6 Å². The van der Waals surface area contributed by atoms with E-state index >= 15 is 0 Å². The molecule has 5 heteroatoms. The van der Waals surface area contributed by atoms with Crippen molar-refractivity contribution in [3.8, 4) is 0 Å². The first-order chi connectivity index (χ1) is 7.57. The Morgan fingerprint density at radius 3 is 3.12 bits per heavy atom. The van der Waals surface area contributed by atoms with E-state index in [1.165, 1.54) is 11.8 Å². The molecule has 2 fully saturated rings. The van der Waals surface area contributed by atoms with Crippen LogP contribution in [0.2, 0.25) is 0 Å². The molecule has 2 heterocycles. The summed E-state index contributed by atoms with van der Waals surface area (Å²) in [4.78, 5) is 14.7. The maximum absolute atomic E-state index is 12.1. The van der Waals surface area contributed by atoms with Crippen molar-refractivity contribution in [1.82, 2.24) is 4.90 Å². The maximum atomic E-state index is 12.1. The van der Waals surface area contributed by atoms with Crippen LogP contribution in [0.3, 0.4) is 0 Å². The lowest BCUT2D eigenvalue weighted by atomic mass is 9.71. The average molecular weight is 255 g/mol. The van der Waals surface area contributed by atoms with Crippen LogP contribution in [-0.4, -0.2) is 39.0 Å². The van der Waals surface area contributed by atoms with Gasteiger partial charge >= 0.3 is 0 Å². The number of thioether (sulfide) groups is 1. The van der Waals surface area contributed by atoms with E-state index in [4.69, 9.17) is 12.2 Å². The number of carbonyl (C=O) groups is 1. The van der Waals surface area contributed by atoms with Gasteiger partial charge in [0.15, 0.2) is 0 Å². The molecule has 0 saturated carbocycles. The lowest BCUT2D eigenvalue weighted by Crippen LogP contribution is -2.69. The third kappa shape index (κ3) is 1.32. The summed E-state index contributed by atoms with van der Waals surface area (Å²) < 4.78 is 0. The van der Waals surface area contributed by atoms with Gasteiger partial charge in [-0.3, -0.25) is 4.79 Å². The highest BCUT2D eigenvalue weighted by atomic mass is 32.2. The highest BCUT2D eigenvalue weighted by molar-refractivity contribution is 8.04. The molecule has 16 heavy (non-hydrogen) atoms. The summed E-state index contributed by atoms with van der Waals surface area (Å²) in [7, 11) is 0. The number of thiocarbonyl (C=S) groups is 1. The molecule has 0 aliphatic carbocycles. The molecule has 86 valence electrons. The van der Waals surface area contributed by atoms with Gasteiger partial charge in [0.1, 0.15) is 10.8 Å². The van der Waals surface area contributed by atoms with Gasteiger partial charge in [0.2, 0.25) is 5.91 Å². The van der Waals surface area contributed by atoms with Crippen molar-refractivity contribution in [2.75, 3.05) is 6.54 Å². The SMILES string of the molecule is C=CC[C@]1(C(C)O)C(=O)N2CC(=C=S)S[C@@H]21. The molecule has 0 aromatic heterocycles. The van der Waals surface area contributed by atoms with Crippen LogP contribution in [0.1, 0.15) is 13.3 Å². The fourth-order valence-corrected chi connectivity index (χ4v) is 4.02. The Morgan fingerprint density at radius 2 is 2.62 bits per heavy atom. The Morgan fingerprint density at radius 1 is 1.94 bits per heavy atom. The number of nitrogens with zero attached hydrogens (tertiary/aromatic N) is 1. The van der Waals surface area contributed by atoms with Gasteiger partial charge in [-0.2, -0.15) is 0 Å². The molecule has 1 amide bonds. The molecule has 0 spiro atoms. The van der Waals surface area contributed by atoms with E-state index in [1.807, 2.05) is 0 Å². The highest BCUT2D eigenvalue weighted by Crippen LogP contribution is 2.56. The van der Waals surface area contributed by atoms with Crippen LogP contribution in [0.5, 0.6) is 0 Å². The number of hydrogen-bond donors (Lipinski definition) is 1. The summed E-state index contributed by atoms with van der Waals surface area (Å²) in [6.07, 6.45) is 1.53. The molecule has 1 unspecified atom stereocenters. The van der Waals surface area contributed by atoms with E-state index in [0.29, 0.717) is 13.0 Å². The molecule has 2 saturated heterocycles. The minimum atomic E-state index is -0.708. The van der Waals surface area contributed by atoms with E-state index in [2.05, 4.69) is 11.6 Å². The van der Waals surface area contributed by atoms with E-state index in [-0.39, 0.29) is 11.3 Å². The van der Waals surface area contributed by atoms with Crippen molar-refractivity contribution >= 4 is 34.9 Å². The second-order valence-electron chi connectivity index (χ2n) is 4.14. The minimum Gasteiger partial charge on any atom is -0.392 e. The summed E-state index contributed by atoms with van der Waals surface area (Å²) in [5, 5.41) is 12.5. The molecule has 2 aliphatic rings. The van der Waals surface area contributed by atoms with E-state index in [0.717, 1.165) is 4.91 Å². The first-order valence-electron chi connectivity index (χ1n) is 5.08. The Balaban J connectivity index is 2.33. The largest absolute Gasteiger partial charge is 0.392 e. The van der Waals surface area contributed by atoms with Gasteiger partial charge in [0.25, 0.3) is 0 Å². The van der Waals surface area contributed by atoms with Gasteiger partial charge in [0.05, 0.1) is 17.6 Å². The Labute approximate surface area is 104 Å². The Hall–Kier alpha value is -0.610. The summed E-state index contributed by atoms with van der Waals surface area (Å²) >= 11 is 6.30.